The van der Waals surface area contributed by atoms with Crippen molar-refractivity contribution in [3.8, 4) is 0 Å². The molecule has 0 unspecified atom stereocenters. The Hall–Kier alpha value is -1.30. The number of amides is 1. The Labute approximate surface area is 113 Å². The van der Waals surface area contributed by atoms with Crippen molar-refractivity contribution in [3.63, 3.8) is 0 Å². The number of rotatable bonds is 3. The highest BCUT2D eigenvalue weighted by atomic mass is 16.6. The second-order valence-corrected chi connectivity index (χ2v) is 6.03. The minimum Gasteiger partial charge on any atom is -0.481 e. The standard InChI is InChI=1S/C13H23NO5/c1-12(2,3)19-11(17)14(4)9-13(10(15)16)5-7-18-8-6-13/h5-9H2,1-4H3,(H,15,16). The first kappa shape index (κ1) is 15.8. The summed E-state index contributed by atoms with van der Waals surface area (Å²) in [6.07, 6.45) is 0.324. The topological polar surface area (TPSA) is 76.1 Å². The Balaban J connectivity index is 2.69. The van der Waals surface area contributed by atoms with E-state index in [1.54, 1.807) is 27.8 Å². The van der Waals surface area contributed by atoms with Gasteiger partial charge in [-0.05, 0) is 33.6 Å². The van der Waals surface area contributed by atoms with Gasteiger partial charge >= 0.3 is 12.1 Å². The van der Waals surface area contributed by atoms with Crippen LogP contribution in [-0.2, 0) is 14.3 Å². The summed E-state index contributed by atoms with van der Waals surface area (Å²) in [4.78, 5) is 24.7. The molecule has 0 aromatic rings. The summed E-state index contributed by atoms with van der Waals surface area (Å²) in [7, 11) is 1.56. The van der Waals surface area contributed by atoms with Crippen molar-refractivity contribution in [3.05, 3.63) is 0 Å². The lowest BCUT2D eigenvalue weighted by Gasteiger charge is -2.36. The van der Waals surface area contributed by atoms with E-state index in [9.17, 15) is 14.7 Å². The highest BCUT2D eigenvalue weighted by Gasteiger charge is 2.42. The summed E-state index contributed by atoms with van der Waals surface area (Å²) < 4.78 is 10.4. The fourth-order valence-electron chi connectivity index (χ4n) is 2.06. The van der Waals surface area contributed by atoms with Crippen LogP contribution in [0.15, 0.2) is 0 Å². The van der Waals surface area contributed by atoms with Gasteiger partial charge in [0.2, 0.25) is 0 Å². The largest absolute Gasteiger partial charge is 0.481 e. The molecule has 0 aromatic heterocycles. The van der Waals surface area contributed by atoms with Crippen LogP contribution in [-0.4, -0.2) is 54.5 Å². The maximum atomic E-state index is 11.9. The average molecular weight is 273 g/mol. The molecule has 1 heterocycles. The molecule has 1 fully saturated rings. The quantitative estimate of drug-likeness (QED) is 0.847. The summed E-state index contributed by atoms with van der Waals surface area (Å²) in [6, 6.07) is 0. The molecule has 0 spiro atoms. The SMILES string of the molecule is CN(CC1(C(=O)O)CCOCC1)C(=O)OC(C)(C)C. The third-order valence-electron chi connectivity index (χ3n) is 3.15. The van der Waals surface area contributed by atoms with Crippen LogP contribution in [0.25, 0.3) is 0 Å². The number of carboxylic acids is 1. The zero-order chi connectivity index (χ0) is 14.7. The molecule has 1 aliphatic rings. The number of carboxylic acid groups (broad SMARTS) is 1. The van der Waals surface area contributed by atoms with Crippen molar-refractivity contribution in [1.82, 2.24) is 4.90 Å². The van der Waals surface area contributed by atoms with E-state index < -0.39 is 23.1 Å². The molecule has 110 valence electrons. The van der Waals surface area contributed by atoms with E-state index in [-0.39, 0.29) is 6.54 Å². The third-order valence-corrected chi connectivity index (χ3v) is 3.15. The summed E-state index contributed by atoms with van der Waals surface area (Å²) >= 11 is 0. The highest BCUT2D eigenvalue weighted by Crippen LogP contribution is 2.32. The molecule has 0 bridgehead atoms. The van der Waals surface area contributed by atoms with Gasteiger partial charge in [0.1, 0.15) is 5.60 Å². The maximum absolute atomic E-state index is 11.9. The first-order valence-corrected chi connectivity index (χ1v) is 6.42. The van der Waals surface area contributed by atoms with Gasteiger partial charge in [0, 0.05) is 26.8 Å². The van der Waals surface area contributed by atoms with E-state index >= 15 is 0 Å². The van der Waals surface area contributed by atoms with Crippen molar-refractivity contribution in [2.75, 3.05) is 26.8 Å². The molecule has 0 radical (unpaired) electrons. The number of ether oxygens (including phenoxy) is 2. The summed E-state index contributed by atoms with van der Waals surface area (Å²) in [5.74, 6) is -0.883. The van der Waals surface area contributed by atoms with Crippen LogP contribution in [0.2, 0.25) is 0 Å². The Kier molecular flexibility index (Phi) is 4.79. The highest BCUT2D eigenvalue weighted by molar-refractivity contribution is 5.76. The van der Waals surface area contributed by atoms with Crippen LogP contribution in [0.5, 0.6) is 0 Å². The molecule has 19 heavy (non-hydrogen) atoms. The first-order chi connectivity index (χ1) is 8.66. The first-order valence-electron chi connectivity index (χ1n) is 6.42. The van der Waals surface area contributed by atoms with Crippen molar-refractivity contribution < 1.29 is 24.2 Å². The average Bonchev–Trinajstić information content (AvgIpc) is 2.27. The van der Waals surface area contributed by atoms with Crippen molar-refractivity contribution in [2.45, 2.75) is 39.2 Å². The molecule has 1 rings (SSSR count). The van der Waals surface area contributed by atoms with Gasteiger partial charge in [0.05, 0.1) is 5.41 Å². The van der Waals surface area contributed by atoms with Crippen molar-refractivity contribution in [2.24, 2.45) is 5.41 Å². The molecule has 0 aromatic carbocycles. The molecule has 1 N–H and O–H groups in total. The monoisotopic (exact) mass is 273 g/mol. The second-order valence-electron chi connectivity index (χ2n) is 6.03. The Bertz CT molecular complexity index is 341. The number of nitrogens with zero attached hydrogens (tertiary/aromatic N) is 1. The minimum absolute atomic E-state index is 0.139. The van der Waals surface area contributed by atoms with Crippen molar-refractivity contribution in [1.29, 1.82) is 0 Å². The lowest BCUT2D eigenvalue weighted by Crippen LogP contribution is -2.48. The summed E-state index contributed by atoms with van der Waals surface area (Å²) in [5.41, 5.74) is -1.51. The third kappa shape index (κ3) is 4.38. The molecular formula is C13H23NO5. The second kappa shape index (κ2) is 5.77. The fourth-order valence-corrected chi connectivity index (χ4v) is 2.06. The fraction of sp³-hybridized carbons (Fsp3) is 0.846. The van der Waals surface area contributed by atoms with Gasteiger partial charge in [0.25, 0.3) is 0 Å². The lowest BCUT2D eigenvalue weighted by molar-refractivity contribution is -0.156. The van der Waals surface area contributed by atoms with Crippen molar-refractivity contribution >= 4 is 12.1 Å². The summed E-state index contributed by atoms with van der Waals surface area (Å²) in [5, 5.41) is 9.42. The van der Waals surface area contributed by atoms with E-state index in [2.05, 4.69) is 0 Å². The van der Waals surface area contributed by atoms with Gasteiger partial charge in [-0.25, -0.2) is 4.79 Å². The smallest absolute Gasteiger partial charge is 0.410 e. The van der Waals surface area contributed by atoms with Gasteiger partial charge in [-0.2, -0.15) is 0 Å². The Morgan fingerprint density at radius 1 is 1.32 bits per heavy atom. The van der Waals surface area contributed by atoms with E-state index in [4.69, 9.17) is 9.47 Å². The Morgan fingerprint density at radius 2 is 1.84 bits per heavy atom. The van der Waals surface area contributed by atoms with Gasteiger partial charge in [-0.1, -0.05) is 0 Å². The van der Waals surface area contributed by atoms with Crippen LogP contribution < -0.4 is 0 Å². The predicted octanol–water partition coefficient (Wildman–Crippen LogP) is 1.73. The van der Waals surface area contributed by atoms with Gasteiger partial charge in [0.15, 0.2) is 0 Å². The molecule has 0 saturated carbocycles. The number of aliphatic carboxylic acids is 1. The van der Waals surface area contributed by atoms with E-state index in [0.717, 1.165) is 0 Å². The Morgan fingerprint density at radius 3 is 2.26 bits per heavy atom. The zero-order valence-corrected chi connectivity index (χ0v) is 12.1. The van der Waals surface area contributed by atoms with Gasteiger partial charge in [-0.3, -0.25) is 4.79 Å². The number of hydrogen-bond acceptors (Lipinski definition) is 4. The number of hydrogen-bond donors (Lipinski definition) is 1. The van der Waals surface area contributed by atoms with E-state index in [0.29, 0.717) is 26.1 Å². The van der Waals surface area contributed by atoms with Gasteiger partial charge in [-0.15, -0.1) is 0 Å². The van der Waals surface area contributed by atoms with Crippen LogP contribution in [0.4, 0.5) is 4.79 Å². The maximum Gasteiger partial charge on any atom is 0.410 e. The normalized spacial score (nSPS) is 18.7. The molecule has 6 nitrogen and oxygen atoms in total. The molecular weight excluding hydrogens is 250 g/mol. The molecule has 1 saturated heterocycles. The molecule has 1 aliphatic heterocycles. The molecule has 0 atom stereocenters. The van der Waals surface area contributed by atoms with Crippen LogP contribution in [0, 0.1) is 5.41 Å². The predicted molar refractivity (Wildman–Crippen MR) is 69.0 cm³/mol. The van der Waals surface area contributed by atoms with Crippen LogP contribution in [0.1, 0.15) is 33.6 Å². The van der Waals surface area contributed by atoms with E-state index in [1.807, 2.05) is 0 Å². The minimum atomic E-state index is -0.927. The number of carbonyl (C=O) groups is 2. The molecule has 0 aliphatic carbocycles. The van der Waals surface area contributed by atoms with Crippen LogP contribution >= 0.6 is 0 Å². The number of carbonyl (C=O) groups excluding carboxylic acids is 1. The lowest BCUT2D eigenvalue weighted by atomic mass is 9.80. The molecule has 6 heteroatoms. The van der Waals surface area contributed by atoms with Gasteiger partial charge < -0.3 is 19.5 Å². The molecule has 1 amide bonds. The summed E-state index contributed by atoms with van der Waals surface area (Å²) in [6.45, 7) is 6.30. The zero-order valence-electron chi connectivity index (χ0n) is 12.1. The van der Waals surface area contributed by atoms with Crippen LogP contribution in [0.3, 0.4) is 0 Å². The van der Waals surface area contributed by atoms with E-state index in [1.165, 1.54) is 4.90 Å².